The molecule has 0 aromatic heterocycles. The predicted octanol–water partition coefficient (Wildman–Crippen LogP) is 0.420. The van der Waals surface area contributed by atoms with Gasteiger partial charge in [-0.3, -0.25) is 4.79 Å². The minimum absolute atomic E-state index is 0.0407. The summed E-state index contributed by atoms with van der Waals surface area (Å²) in [5.74, 6) is -1.91. The molecule has 90 valence electrons. The molecule has 7 heteroatoms. The third-order valence-corrected chi connectivity index (χ3v) is 1.50. The van der Waals surface area contributed by atoms with Crippen LogP contribution in [0.1, 0.15) is 12.8 Å². The zero-order chi connectivity index (χ0) is 11.7. The van der Waals surface area contributed by atoms with E-state index in [-0.39, 0.29) is 6.54 Å². The molecule has 0 saturated heterocycles. The highest BCUT2D eigenvalue weighted by molar-refractivity contribution is 5.81. The average molecular weight is 228 g/mol. The number of alkyl halides is 3. The number of nitrogens with two attached hydrogens (primary N) is 1. The molecule has 0 heterocycles. The van der Waals surface area contributed by atoms with Gasteiger partial charge in [-0.2, -0.15) is 13.2 Å². The van der Waals surface area contributed by atoms with Crippen molar-refractivity contribution in [1.82, 2.24) is 5.32 Å². The fourth-order valence-corrected chi connectivity index (χ4v) is 0.764. The predicted molar refractivity (Wildman–Crippen MR) is 48.2 cm³/mol. The fourth-order valence-electron chi connectivity index (χ4n) is 0.764. The van der Waals surface area contributed by atoms with Gasteiger partial charge in [0.1, 0.15) is 0 Å². The molecule has 0 bridgehead atoms. The van der Waals surface area contributed by atoms with E-state index in [1.165, 1.54) is 0 Å². The third-order valence-electron chi connectivity index (χ3n) is 1.50. The van der Waals surface area contributed by atoms with Gasteiger partial charge in [0, 0.05) is 19.8 Å². The maximum Gasteiger partial charge on any atom is 0.471 e. The standard InChI is InChI=1S/C8H15F3N2O2/c9-8(10,11)7(14)13-4-2-6-15-5-1-3-12/h1-6,12H2,(H,13,14). The van der Waals surface area contributed by atoms with Crippen molar-refractivity contribution in [2.45, 2.75) is 19.0 Å². The van der Waals surface area contributed by atoms with E-state index in [1.807, 2.05) is 0 Å². The molecule has 0 aromatic rings. The summed E-state index contributed by atoms with van der Waals surface area (Å²) >= 11 is 0. The second-order valence-electron chi connectivity index (χ2n) is 2.86. The number of halogens is 3. The van der Waals surface area contributed by atoms with Gasteiger partial charge in [-0.05, 0) is 19.4 Å². The first kappa shape index (κ1) is 14.2. The summed E-state index contributed by atoms with van der Waals surface area (Å²) in [5, 5.41) is 1.74. The van der Waals surface area contributed by atoms with Gasteiger partial charge >= 0.3 is 12.1 Å². The lowest BCUT2D eigenvalue weighted by Crippen LogP contribution is -2.37. The van der Waals surface area contributed by atoms with Gasteiger partial charge in [-0.15, -0.1) is 0 Å². The van der Waals surface area contributed by atoms with Crippen molar-refractivity contribution in [3.05, 3.63) is 0 Å². The lowest BCUT2D eigenvalue weighted by atomic mass is 10.4. The van der Waals surface area contributed by atoms with Crippen LogP contribution in [0.5, 0.6) is 0 Å². The second-order valence-corrected chi connectivity index (χ2v) is 2.86. The Morgan fingerprint density at radius 2 is 1.87 bits per heavy atom. The molecule has 0 radical (unpaired) electrons. The van der Waals surface area contributed by atoms with Crippen LogP contribution in [0.15, 0.2) is 0 Å². The van der Waals surface area contributed by atoms with Crippen molar-refractivity contribution >= 4 is 5.91 Å². The molecule has 0 spiro atoms. The molecule has 15 heavy (non-hydrogen) atoms. The summed E-state index contributed by atoms with van der Waals surface area (Å²) in [6, 6.07) is 0. The van der Waals surface area contributed by atoms with E-state index in [1.54, 1.807) is 5.32 Å². The number of ether oxygens (including phenoxy) is 1. The van der Waals surface area contributed by atoms with Gasteiger partial charge in [0.05, 0.1) is 0 Å². The van der Waals surface area contributed by atoms with Gasteiger partial charge in [-0.1, -0.05) is 0 Å². The molecule has 0 saturated carbocycles. The van der Waals surface area contributed by atoms with Crippen LogP contribution in [-0.4, -0.2) is 38.4 Å². The molecule has 0 unspecified atom stereocenters. The van der Waals surface area contributed by atoms with Crippen molar-refractivity contribution in [2.24, 2.45) is 5.73 Å². The van der Waals surface area contributed by atoms with Gasteiger partial charge in [0.25, 0.3) is 0 Å². The van der Waals surface area contributed by atoms with E-state index in [0.717, 1.165) is 6.42 Å². The number of amides is 1. The quantitative estimate of drug-likeness (QED) is 0.621. The topological polar surface area (TPSA) is 64.3 Å². The smallest absolute Gasteiger partial charge is 0.381 e. The summed E-state index contributed by atoms with van der Waals surface area (Å²) in [6.07, 6.45) is -3.73. The normalized spacial score (nSPS) is 11.5. The van der Waals surface area contributed by atoms with Crippen LogP contribution in [0.3, 0.4) is 0 Å². The van der Waals surface area contributed by atoms with Crippen LogP contribution in [0.25, 0.3) is 0 Å². The summed E-state index contributed by atoms with van der Waals surface area (Å²) < 4.78 is 40.0. The Kier molecular flexibility index (Phi) is 7.06. The minimum atomic E-state index is -4.81. The minimum Gasteiger partial charge on any atom is -0.381 e. The number of nitrogens with one attached hydrogen (secondary N) is 1. The average Bonchev–Trinajstić information content (AvgIpc) is 2.14. The van der Waals surface area contributed by atoms with E-state index in [0.29, 0.717) is 26.2 Å². The highest BCUT2D eigenvalue weighted by Crippen LogP contribution is 2.13. The van der Waals surface area contributed by atoms with E-state index in [9.17, 15) is 18.0 Å². The summed E-state index contributed by atoms with van der Waals surface area (Å²) in [7, 11) is 0. The SMILES string of the molecule is NCCCOCCCNC(=O)C(F)(F)F. The highest BCUT2D eigenvalue weighted by atomic mass is 19.4. The molecule has 0 aromatic carbocycles. The molecule has 3 N–H and O–H groups in total. The number of carbonyl (C=O) groups excluding carboxylic acids is 1. The van der Waals surface area contributed by atoms with Gasteiger partial charge in [0.15, 0.2) is 0 Å². The van der Waals surface area contributed by atoms with Gasteiger partial charge in [0.2, 0.25) is 0 Å². The van der Waals surface area contributed by atoms with E-state index >= 15 is 0 Å². The first-order valence-corrected chi connectivity index (χ1v) is 4.61. The number of carbonyl (C=O) groups is 1. The maximum absolute atomic E-state index is 11.7. The van der Waals surface area contributed by atoms with Crippen LogP contribution >= 0.6 is 0 Å². The molecule has 0 rings (SSSR count). The van der Waals surface area contributed by atoms with Gasteiger partial charge < -0.3 is 15.8 Å². The molecule has 1 amide bonds. The Morgan fingerprint density at radius 3 is 2.40 bits per heavy atom. The molecular formula is C8H15F3N2O2. The molecule has 0 aliphatic rings. The number of hydrogen-bond acceptors (Lipinski definition) is 3. The molecule has 0 fully saturated rings. The van der Waals surface area contributed by atoms with Crippen LogP contribution in [0.4, 0.5) is 13.2 Å². The van der Waals surface area contributed by atoms with Crippen molar-refractivity contribution in [2.75, 3.05) is 26.3 Å². The Hall–Kier alpha value is -0.820. The second kappa shape index (κ2) is 7.47. The van der Waals surface area contributed by atoms with E-state index in [4.69, 9.17) is 10.5 Å². The maximum atomic E-state index is 11.7. The molecule has 0 atom stereocenters. The van der Waals surface area contributed by atoms with Crippen molar-refractivity contribution < 1.29 is 22.7 Å². The van der Waals surface area contributed by atoms with Crippen LogP contribution in [0.2, 0.25) is 0 Å². The van der Waals surface area contributed by atoms with Crippen LogP contribution in [0, 0.1) is 0 Å². The van der Waals surface area contributed by atoms with Crippen LogP contribution in [-0.2, 0) is 9.53 Å². The first-order valence-electron chi connectivity index (χ1n) is 4.61. The lowest BCUT2D eigenvalue weighted by molar-refractivity contribution is -0.173. The Morgan fingerprint density at radius 1 is 1.27 bits per heavy atom. The lowest BCUT2D eigenvalue weighted by Gasteiger charge is -2.07. The third kappa shape index (κ3) is 8.19. The molecular weight excluding hydrogens is 213 g/mol. The highest BCUT2D eigenvalue weighted by Gasteiger charge is 2.38. The Balaban J connectivity index is 3.28. The summed E-state index contributed by atoms with van der Waals surface area (Å²) in [5.41, 5.74) is 5.20. The Labute approximate surface area is 86.0 Å². The van der Waals surface area contributed by atoms with Crippen molar-refractivity contribution in [3.8, 4) is 0 Å². The van der Waals surface area contributed by atoms with E-state index in [2.05, 4.69) is 0 Å². The van der Waals surface area contributed by atoms with E-state index < -0.39 is 12.1 Å². The fraction of sp³-hybridized carbons (Fsp3) is 0.875. The zero-order valence-electron chi connectivity index (χ0n) is 8.27. The van der Waals surface area contributed by atoms with Crippen molar-refractivity contribution in [3.63, 3.8) is 0 Å². The first-order chi connectivity index (χ1) is 6.98. The number of rotatable bonds is 7. The largest absolute Gasteiger partial charge is 0.471 e. The molecule has 0 aliphatic carbocycles. The number of hydrogen-bond donors (Lipinski definition) is 2. The summed E-state index contributed by atoms with van der Waals surface area (Å²) in [6.45, 7) is 1.29. The Bertz CT molecular complexity index is 185. The van der Waals surface area contributed by atoms with Gasteiger partial charge in [-0.25, -0.2) is 0 Å². The molecule has 4 nitrogen and oxygen atoms in total. The molecule has 0 aliphatic heterocycles. The summed E-state index contributed by atoms with van der Waals surface area (Å²) in [4.78, 5) is 10.3. The van der Waals surface area contributed by atoms with Crippen molar-refractivity contribution in [1.29, 1.82) is 0 Å². The zero-order valence-corrected chi connectivity index (χ0v) is 8.27. The monoisotopic (exact) mass is 228 g/mol. The van der Waals surface area contributed by atoms with Crippen LogP contribution < -0.4 is 11.1 Å².